The van der Waals surface area contributed by atoms with Gasteiger partial charge in [-0.25, -0.2) is 4.79 Å². The molecule has 0 saturated carbocycles. The van der Waals surface area contributed by atoms with Crippen molar-refractivity contribution in [2.45, 2.75) is 46.1 Å². The maximum Gasteiger partial charge on any atom is 0.352 e. The van der Waals surface area contributed by atoms with Crippen LogP contribution in [0.5, 0.6) is 0 Å². The van der Waals surface area contributed by atoms with E-state index >= 15 is 0 Å². The minimum atomic E-state index is -1.10. The number of hydrogen-bond donors (Lipinski definition) is 1. The minimum Gasteiger partial charge on any atom is -0.477 e. The summed E-state index contributed by atoms with van der Waals surface area (Å²) in [5.41, 5.74) is 0.681. The number of aryl methyl sites for hydroxylation is 1. The summed E-state index contributed by atoms with van der Waals surface area (Å²) >= 11 is 0. The first-order valence-corrected chi connectivity index (χ1v) is 6.63. The zero-order valence-corrected chi connectivity index (χ0v) is 12.2. The zero-order chi connectivity index (χ0) is 15.1. The summed E-state index contributed by atoms with van der Waals surface area (Å²) in [6, 6.07) is 2.92. The molecule has 2 rings (SSSR count). The molecule has 2 heterocycles. The van der Waals surface area contributed by atoms with Crippen LogP contribution in [0.4, 0.5) is 0 Å². The molecule has 0 fully saturated rings. The Morgan fingerprint density at radius 3 is 2.50 bits per heavy atom. The maximum atomic E-state index is 12.0. The van der Waals surface area contributed by atoms with Crippen molar-refractivity contribution in [3.63, 3.8) is 0 Å². The van der Waals surface area contributed by atoms with E-state index in [0.717, 1.165) is 18.2 Å². The van der Waals surface area contributed by atoms with Gasteiger partial charge in [-0.3, -0.25) is 4.79 Å². The molecule has 2 aromatic rings. The van der Waals surface area contributed by atoms with E-state index in [1.54, 1.807) is 10.6 Å². The molecular formula is C14H19N3O3. The highest BCUT2D eigenvalue weighted by atomic mass is 16.4. The van der Waals surface area contributed by atoms with Crippen molar-refractivity contribution < 1.29 is 9.90 Å². The second kappa shape index (κ2) is 4.77. The molecule has 0 atom stereocenters. The highest BCUT2D eigenvalue weighted by molar-refractivity contribution is 5.86. The molecule has 0 unspecified atom stereocenters. The second-order valence-electron chi connectivity index (χ2n) is 5.87. The molecule has 2 aromatic heterocycles. The van der Waals surface area contributed by atoms with Gasteiger partial charge in [0.05, 0.1) is 5.69 Å². The van der Waals surface area contributed by atoms with E-state index in [1.807, 2.05) is 27.7 Å². The first kappa shape index (κ1) is 14.3. The largest absolute Gasteiger partial charge is 0.477 e. The summed E-state index contributed by atoms with van der Waals surface area (Å²) in [6.45, 7) is 8.49. The van der Waals surface area contributed by atoms with Crippen LogP contribution in [0.3, 0.4) is 0 Å². The Morgan fingerprint density at radius 1 is 1.35 bits per heavy atom. The Bertz CT molecular complexity index is 720. The minimum absolute atomic E-state index is 0.00436. The lowest BCUT2D eigenvalue weighted by Crippen LogP contribution is -2.23. The van der Waals surface area contributed by atoms with E-state index in [9.17, 15) is 14.7 Å². The fourth-order valence-corrected chi connectivity index (χ4v) is 2.11. The SMILES string of the molecule is CCCn1c(C(=O)O)cc(=O)n2nc(C(C)(C)C)cc12. The molecule has 6 heteroatoms. The molecule has 0 aliphatic carbocycles. The fourth-order valence-electron chi connectivity index (χ4n) is 2.11. The molecule has 1 N–H and O–H groups in total. The van der Waals surface area contributed by atoms with Gasteiger partial charge < -0.3 is 9.67 Å². The van der Waals surface area contributed by atoms with Crippen molar-refractivity contribution in [2.75, 3.05) is 0 Å². The van der Waals surface area contributed by atoms with Crippen LogP contribution in [-0.2, 0) is 12.0 Å². The van der Waals surface area contributed by atoms with Gasteiger partial charge in [-0.05, 0) is 6.42 Å². The van der Waals surface area contributed by atoms with Crippen LogP contribution in [0.25, 0.3) is 5.65 Å². The van der Waals surface area contributed by atoms with Crippen LogP contribution in [-0.4, -0.2) is 25.3 Å². The van der Waals surface area contributed by atoms with Crippen LogP contribution < -0.4 is 5.56 Å². The molecule has 0 amide bonds. The lowest BCUT2D eigenvalue weighted by Gasteiger charge is -2.13. The van der Waals surface area contributed by atoms with Crippen LogP contribution in [0, 0.1) is 0 Å². The molecule has 0 aromatic carbocycles. The van der Waals surface area contributed by atoms with E-state index in [1.165, 1.54) is 4.52 Å². The Balaban J connectivity index is 2.84. The lowest BCUT2D eigenvalue weighted by atomic mass is 9.93. The number of aromatic carboxylic acids is 1. The van der Waals surface area contributed by atoms with E-state index < -0.39 is 11.5 Å². The predicted octanol–water partition coefficient (Wildman–Crippen LogP) is 1.90. The standard InChI is InChI=1S/C14H19N3O3/c1-5-6-16-9(13(19)20)7-12(18)17-11(16)8-10(15-17)14(2,3)4/h7-8H,5-6H2,1-4H3,(H,19,20). The quantitative estimate of drug-likeness (QED) is 0.929. The molecule has 0 aliphatic heterocycles. The number of aromatic nitrogens is 3. The molecule has 108 valence electrons. The van der Waals surface area contributed by atoms with E-state index in [2.05, 4.69) is 5.10 Å². The van der Waals surface area contributed by atoms with Gasteiger partial charge in [-0.2, -0.15) is 9.61 Å². The highest BCUT2D eigenvalue weighted by Gasteiger charge is 2.21. The van der Waals surface area contributed by atoms with E-state index in [0.29, 0.717) is 12.2 Å². The first-order chi connectivity index (χ1) is 9.25. The fraction of sp³-hybridized carbons (Fsp3) is 0.500. The van der Waals surface area contributed by atoms with Gasteiger partial charge in [0.2, 0.25) is 0 Å². The first-order valence-electron chi connectivity index (χ1n) is 6.63. The molecule has 0 saturated heterocycles. The zero-order valence-electron chi connectivity index (χ0n) is 12.2. The number of fused-ring (bicyclic) bond motifs is 1. The van der Waals surface area contributed by atoms with Gasteiger partial charge in [-0.15, -0.1) is 0 Å². The molecule has 0 spiro atoms. The van der Waals surface area contributed by atoms with Gasteiger partial charge in [0, 0.05) is 24.1 Å². The summed E-state index contributed by atoms with van der Waals surface area (Å²) in [4.78, 5) is 23.3. The summed E-state index contributed by atoms with van der Waals surface area (Å²) in [5, 5.41) is 13.6. The van der Waals surface area contributed by atoms with Gasteiger partial charge >= 0.3 is 5.97 Å². The van der Waals surface area contributed by atoms with Crippen LogP contribution in [0.1, 0.15) is 50.3 Å². The number of carbonyl (C=O) groups is 1. The van der Waals surface area contributed by atoms with E-state index in [-0.39, 0.29) is 11.1 Å². The van der Waals surface area contributed by atoms with Gasteiger partial charge in [0.25, 0.3) is 5.56 Å². The van der Waals surface area contributed by atoms with Crippen molar-refractivity contribution >= 4 is 11.6 Å². The summed E-state index contributed by atoms with van der Waals surface area (Å²) in [5.74, 6) is -1.10. The molecule has 0 aliphatic rings. The van der Waals surface area contributed by atoms with Crippen LogP contribution >= 0.6 is 0 Å². The summed E-state index contributed by atoms with van der Waals surface area (Å²) in [7, 11) is 0. The van der Waals surface area contributed by atoms with Crippen molar-refractivity contribution in [3.05, 3.63) is 33.9 Å². The predicted molar refractivity (Wildman–Crippen MR) is 75.4 cm³/mol. The van der Waals surface area contributed by atoms with Crippen molar-refractivity contribution in [3.8, 4) is 0 Å². The Kier molecular flexibility index (Phi) is 3.41. The topological polar surface area (TPSA) is 76.6 Å². The highest BCUT2D eigenvalue weighted by Crippen LogP contribution is 2.22. The normalized spacial score (nSPS) is 12.0. The number of carboxylic acids is 1. The Labute approximate surface area is 116 Å². The molecule has 0 bridgehead atoms. The lowest BCUT2D eigenvalue weighted by molar-refractivity contribution is 0.0684. The third-order valence-corrected chi connectivity index (χ3v) is 3.16. The number of hydrogen-bond acceptors (Lipinski definition) is 3. The van der Waals surface area contributed by atoms with Crippen LogP contribution in [0.2, 0.25) is 0 Å². The van der Waals surface area contributed by atoms with Crippen LogP contribution in [0.15, 0.2) is 16.9 Å². The molecule has 0 radical (unpaired) electrons. The Morgan fingerprint density at radius 2 is 2.00 bits per heavy atom. The smallest absolute Gasteiger partial charge is 0.352 e. The number of rotatable bonds is 3. The average Bonchev–Trinajstić information content (AvgIpc) is 2.77. The van der Waals surface area contributed by atoms with Crippen molar-refractivity contribution in [2.24, 2.45) is 0 Å². The molecule has 20 heavy (non-hydrogen) atoms. The van der Waals surface area contributed by atoms with Crippen molar-refractivity contribution in [1.29, 1.82) is 0 Å². The summed E-state index contributed by atoms with van der Waals surface area (Å²) < 4.78 is 2.91. The van der Waals surface area contributed by atoms with E-state index in [4.69, 9.17) is 0 Å². The van der Waals surface area contributed by atoms with Gasteiger partial charge in [0.15, 0.2) is 0 Å². The third-order valence-electron chi connectivity index (χ3n) is 3.16. The summed E-state index contributed by atoms with van der Waals surface area (Å²) in [6.07, 6.45) is 0.773. The molecule has 6 nitrogen and oxygen atoms in total. The Hall–Kier alpha value is -2.11. The van der Waals surface area contributed by atoms with Gasteiger partial charge in [-0.1, -0.05) is 27.7 Å². The maximum absolute atomic E-state index is 12.0. The van der Waals surface area contributed by atoms with Gasteiger partial charge in [0.1, 0.15) is 11.3 Å². The second-order valence-corrected chi connectivity index (χ2v) is 5.87. The third kappa shape index (κ3) is 2.33. The van der Waals surface area contributed by atoms with Crippen molar-refractivity contribution in [1.82, 2.24) is 14.2 Å². The molecular weight excluding hydrogens is 258 g/mol. The average molecular weight is 277 g/mol. The number of carboxylic acid groups (broad SMARTS) is 1. The number of nitrogens with zero attached hydrogens (tertiary/aromatic N) is 3. The monoisotopic (exact) mass is 277 g/mol.